The SMILES string of the molecule is C[C@]12C=CC(=O)C=C1CC[C@@H]1C2[C@@H](O)C[C@@]2(C)[C@H]1CC[C@]2(O)[C@@H](O)CO. The molecule has 0 bridgehead atoms. The van der Waals surface area contributed by atoms with Crippen LogP contribution in [0.1, 0.15) is 46.0 Å². The zero-order valence-corrected chi connectivity index (χ0v) is 15.6. The fourth-order valence-electron chi connectivity index (χ4n) is 7.06. The molecule has 26 heavy (non-hydrogen) atoms. The van der Waals surface area contributed by atoms with E-state index in [9.17, 15) is 25.2 Å². The van der Waals surface area contributed by atoms with Gasteiger partial charge in [-0.05, 0) is 56.1 Å². The minimum Gasteiger partial charge on any atom is -0.394 e. The summed E-state index contributed by atoms with van der Waals surface area (Å²) >= 11 is 0. The Morgan fingerprint density at radius 2 is 2.04 bits per heavy atom. The molecular weight excluding hydrogens is 332 g/mol. The minimum atomic E-state index is -1.37. The highest BCUT2D eigenvalue weighted by Gasteiger charge is 2.67. The monoisotopic (exact) mass is 362 g/mol. The average molecular weight is 362 g/mol. The first-order valence-corrected chi connectivity index (χ1v) is 9.81. The molecule has 0 aromatic heterocycles. The number of carbonyl (C=O) groups is 1. The number of aliphatic hydroxyl groups excluding tert-OH is 3. The van der Waals surface area contributed by atoms with Crippen molar-refractivity contribution in [3.8, 4) is 0 Å². The van der Waals surface area contributed by atoms with Crippen molar-refractivity contribution in [1.82, 2.24) is 0 Å². The van der Waals surface area contributed by atoms with Crippen molar-refractivity contribution in [2.45, 2.75) is 63.8 Å². The van der Waals surface area contributed by atoms with Crippen LogP contribution in [-0.2, 0) is 4.79 Å². The number of hydrogen-bond acceptors (Lipinski definition) is 5. The standard InChI is InChI=1S/C21H30O5/c1-19-7-5-13(23)9-12(19)3-4-14-15-6-8-21(26,17(25)11-22)20(15,2)10-16(24)18(14)19/h5,7,9,14-18,22,24-26H,3-4,6,8,10-11H2,1-2H3/t14-,15-,16-,17-,18?,19-,20-,21-/m0/s1. The van der Waals surface area contributed by atoms with Crippen molar-refractivity contribution < 1.29 is 25.2 Å². The highest BCUT2D eigenvalue weighted by atomic mass is 16.4. The van der Waals surface area contributed by atoms with Gasteiger partial charge in [0.15, 0.2) is 5.78 Å². The summed E-state index contributed by atoms with van der Waals surface area (Å²) < 4.78 is 0. The van der Waals surface area contributed by atoms with Crippen LogP contribution in [0.25, 0.3) is 0 Å². The smallest absolute Gasteiger partial charge is 0.178 e. The van der Waals surface area contributed by atoms with Crippen LogP contribution in [0.4, 0.5) is 0 Å². The van der Waals surface area contributed by atoms with Gasteiger partial charge in [0.05, 0.1) is 18.3 Å². The lowest BCUT2D eigenvalue weighted by Gasteiger charge is -2.60. The van der Waals surface area contributed by atoms with Crippen molar-refractivity contribution in [3.05, 3.63) is 23.8 Å². The molecule has 3 fully saturated rings. The Morgan fingerprint density at radius 3 is 2.73 bits per heavy atom. The van der Waals surface area contributed by atoms with Gasteiger partial charge in [0.1, 0.15) is 6.10 Å². The summed E-state index contributed by atoms with van der Waals surface area (Å²) in [6.45, 7) is 3.61. The molecule has 4 aliphatic rings. The van der Waals surface area contributed by atoms with Crippen LogP contribution in [0.2, 0.25) is 0 Å². The summed E-state index contributed by atoms with van der Waals surface area (Å²) in [5.41, 5.74) is -1.21. The molecule has 4 N–H and O–H groups in total. The lowest BCUT2D eigenvalue weighted by Crippen LogP contribution is -2.62. The largest absolute Gasteiger partial charge is 0.394 e. The number of allylic oxidation sites excluding steroid dienone is 4. The molecule has 5 nitrogen and oxygen atoms in total. The molecule has 0 saturated heterocycles. The van der Waals surface area contributed by atoms with Crippen molar-refractivity contribution in [2.24, 2.45) is 28.6 Å². The summed E-state index contributed by atoms with van der Waals surface area (Å²) in [5.74, 6) is 0.445. The van der Waals surface area contributed by atoms with Crippen LogP contribution in [0.3, 0.4) is 0 Å². The van der Waals surface area contributed by atoms with Crippen molar-refractivity contribution >= 4 is 5.78 Å². The molecular formula is C21H30O5. The van der Waals surface area contributed by atoms with Gasteiger partial charge in [-0.2, -0.15) is 0 Å². The molecule has 0 aromatic carbocycles. The van der Waals surface area contributed by atoms with E-state index in [2.05, 4.69) is 6.92 Å². The first-order chi connectivity index (χ1) is 12.2. The highest BCUT2D eigenvalue weighted by molar-refractivity contribution is 6.01. The summed E-state index contributed by atoms with van der Waals surface area (Å²) in [6, 6.07) is 0. The first kappa shape index (κ1) is 18.4. The molecule has 144 valence electrons. The Hall–Kier alpha value is -1.01. The van der Waals surface area contributed by atoms with Crippen LogP contribution in [0.5, 0.6) is 0 Å². The zero-order chi connectivity index (χ0) is 18.9. The van der Waals surface area contributed by atoms with Gasteiger partial charge in [0, 0.05) is 16.7 Å². The lowest BCUT2D eigenvalue weighted by molar-refractivity contribution is -0.204. The predicted octanol–water partition coefficient (Wildman–Crippen LogP) is 1.35. The fourth-order valence-corrected chi connectivity index (χ4v) is 7.06. The number of aliphatic hydroxyl groups is 4. The number of carbonyl (C=O) groups excluding carboxylic acids is 1. The Bertz CT molecular complexity index is 684. The Morgan fingerprint density at radius 1 is 1.31 bits per heavy atom. The van der Waals surface area contributed by atoms with Crippen LogP contribution in [0.15, 0.2) is 23.8 Å². The minimum absolute atomic E-state index is 0.0125. The summed E-state index contributed by atoms with van der Waals surface area (Å²) in [7, 11) is 0. The third-order valence-corrected chi connectivity index (χ3v) is 8.44. The summed E-state index contributed by atoms with van der Waals surface area (Å²) in [5, 5.41) is 42.2. The second-order valence-electron chi connectivity index (χ2n) is 9.37. The van der Waals surface area contributed by atoms with E-state index in [1.165, 1.54) is 0 Å². The van der Waals surface area contributed by atoms with E-state index in [4.69, 9.17) is 0 Å². The van der Waals surface area contributed by atoms with E-state index in [1.54, 1.807) is 12.2 Å². The van der Waals surface area contributed by atoms with Crippen LogP contribution in [-0.4, -0.2) is 50.6 Å². The van der Waals surface area contributed by atoms with Crippen molar-refractivity contribution in [3.63, 3.8) is 0 Å². The van der Waals surface area contributed by atoms with Crippen molar-refractivity contribution in [2.75, 3.05) is 6.61 Å². The van der Waals surface area contributed by atoms with Gasteiger partial charge < -0.3 is 20.4 Å². The Kier molecular flexibility index (Phi) is 4.05. The molecule has 0 aromatic rings. The van der Waals surface area contributed by atoms with Gasteiger partial charge in [0.25, 0.3) is 0 Å². The van der Waals surface area contributed by atoms with Crippen LogP contribution >= 0.6 is 0 Å². The van der Waals surface area contributed by atoms with Crippen LogP contribution in [0, 0.1) is 28.6 Å². The predicted molar refractivity (Wildman–Crippen MR) is 96.0 cm³/mol. The molecule has 3 saturated carbocycles. The molecule has 1 unspecified atom stereocenters. The fraction of sp³-hybridized carbons (Fsp3) is 0.762. The number of hydrogen-bond donors (Lipinski definition) is 4. The number of ketones is 1. The molecule has 0 amide bonds. The van der Waals surface area contributed by atoms with Gasteiger partial charge in [-0.3, -0.25) is 4.79 Å². The molecule has 0 spiro atoms. The third-order valence-electron chi connectivity index (χ3n) is 8.44. The van der Waals surface area contributed by atoms with Gasteiger partial charge in [-0.15, -0.1) is 0 Å². The van der Waals surface area contributed by atoms with E-state index in [0.717, 1.165) is 24.8 Å². The maximum atomic E-state index is 11.8. The second kappa shape index (κ2) is 5.74. The third kappa shape index (κ3) is 2.15. The quantitative estimate of drug-likeness (QED) is 0.594. The van der Waals surface area contributed by atoms with E-state index in [-0.39, 0.29) is 29.0 Å². The highest BCUT2D eigenvalue weighted by Crippen LogP contribution is 2.67. The zero-order valence-electron chi connectivity index (χ0n) is 15.6. The molecule has 4 rings (SSSR count). The lowest BCUT2D eigenvalue weighted by atomic mass is 9.46. The molecule has 0 aliphatic heterocycles. The molecule has 4 aliphatic carbocycles. The van der Waals surface area contributed by atoms with Gasteiger partial charge in [-0.1, -0.05) is 25.5 Å². The van der Waals surface area contributed by atoms with Crippen LogP contribution < -0.4 is 0 Å². The second-order valence-corrected chi connectivity index (χ2v) is 9.37. The van der Waals surface area contributed by atoms with E-state index in [1.807, 2.05) is 13.0 Å². The normalized spacial score (nSPS) is 51.3. The Balaban J connectivity index is 1.74. The molecule has 8 atom stereocenters. The van der Waals surface area contributed by atoms with Gasteiger partial charge in [0.2, 0.25) is 0 Å². The molecule has 5 heteroatoms. The summed E-state index contributed by atoms with van der Waals surface area (Å²) in [6.07, 6.45) is 6.85. The number of rotatable bonds is 2. The van der Waals surface area contributed by atoms with Gasteiger partial charge in [-0.25, -0.2) is 0 Å². The Labute approximate surface area is 154 Å². The van der Waals surface area contributed by atoms with Gasteiger partial charge >= 0.3 is 0 Å². The van der Waals surface area contributed by atoms with E-state index >= 15 is 0 Å². The topological polar surface area (TPSA) is 98.0 Å². The first-order valence-electron chi connectivity index (χ1n) is 9.81. The van der Waals surface area contributed by atoms with Crippen molar-refractivity contribution in [1.29, 1.82) is 0 Å². The summed E-state index contributed by atoms with van der Waals surface area (Å²) in [4.78, 5) is 11.8. The molecule has 0 heterocycles. The maximum absolute atomic E-state index is 11.8. The molecule has 0 radical (unpaired) electrons. The van der Waals surface area contributed by atoms with E-state index < -0.39 is 29.8 Å². The average Bonchev–Trinajstić information content (AvgIpc) is 2.86. The maximum Gasteiger partial charge on any atom is 0.178 e. The number of fused-ring (bicyclic) bond motifs is 5. The van der Waals surface area contributed by atoms with E-state index in [0.29, 0.717) is 12.8 Å².